The van der Waals surface area contributed by atoms with Gasteiger partial charge in [-0.25, -0.2) is 0 Å². The Morgan fingerprint density at radius 3 is 2.36 bits per heavy atom. The highest BCUT2D eigenvalue weighted by atomic mass is 16.5. The quantitative estimate of drug-likeness (QED) is 0.290. The van der Waals surface area contributed by atoms with E-state index < -0.39 is 0 Å². The summed E-state index contributed by atoms with van der Waals surface area (Å²) in [5.74, 6) is 1.38. The smallest absolute Gasteiger partial charge is 0.220 e. The van der Waals surface area contributed by atoms with Crippen LogP contribution in [0, 0.1) is 0 Å². The van der Waals surface area contributed by atoms with E-state index >= 15 is 0 Å². The predicted octanol–water partition coefficient (Wildman–Crippen LogP) is 6.36. The fraction of sp³-hybridized carbons (Fsp3) is 0.323. The van der Waals surface area contributed by atoms with Gasteiger partial charge in [-0.2, -0.15) is 0 Å². The first kappa shape index (κ1) is 25.4. The molecule has 4 rings (SSSR count). The topological polar surface area (TPSA) is 63.3 Å². The Bertz CT molecular complexity index is 1320. The molecule has 188 valence electrons. The molecule has 2 N–H and O–H groups in total. The van der Waals surface area contributed by atoms with E-state index in [0.29, 0.717) is 30.9 Å². The minimum atomic E-state index is -0.0451. The second kappa shape index (κ2) is 10.9. The third kappa shape index (κ3) is 5.73. The summed E-state index contributed by atoms with van der Waals surface area (Å²) in [5.41, 5.74) is 5.81. The molecule has 0 bridgehead atoms. The van der Waals surface area contributed by atoms with Crippen LogP contribution < -0.4 is 14.8 Å². The van der Waals surface area contributed by atoms with Crippen molar-refractivity contribution in [2.45, 2.75) is 44.9 Å². The van der Waals surface area contributed by atoms with Crippen molar-refractivity contribution in [3.63, 3.8) is 0 Å². The number of carbonyl (C=O) groups is 1. The lowest BCUT2D eigenvalue weighted by atomic mass is 9.83. The molecule has 0 radical (unpaired) electrons. The number of methoxy groups -OCH3 is 2. The molecule has 0 unspecified atom stereocenters. The number of para-hydroxylation sites is 1. The van der Waals surface area contributed by atoms with Crippen LogP contribution in [0.25, 0.3) is 10.9 Å². The zero-order chi connectivity index (χ0) is 25.7. The van der Waals surface area contributed by atoms with Gasteiger partial charge in [0, 0.05) is 36.0 Å². The third-order valence-electron chi connectivity index (χ3n) is 6.75. The molecule has 1 heterocycles. The van der Waals surface area contributed by atoms with Gasteiger partial charge in [0.05, 0.1) is 14.2 Å². The molecule has 5 nitrogen and oxygen atoms in total. The molecule has 0 aliphatic heterocycles. The summed E-state index contributed by atoms with van der Waals surface area (Å²) in [7, 11) is 3.25. The van der Waals surface area contributed by atoms with E-state index in [1.165, 1.54) is 5.56 Å². The van der Waals surface area contributed by atoms with Crippen molar-refractivity contribution < 1.29 is 14.3 Å². The number of aromatic amines is 1. The Balaban J connectivity index is 1.51. The van der Waals surface area contributed by atoms with Crippen molar-refractivity contribution in [3.8, 4) is 11.5 Å². The van der Waals surface area contributed by atoms with Gasteiger partial charge in [0.2, 0.25) is 5.91 Å². The summed E-state index contributed by atoms with van der Waals surface area (Å²) in [6, 6.07) is 22.8. The van der Waals surface area contributed by atoms with E-state index in [2.05, 4.69) is 67.5 Å². The van der Waals surface area contributed by atoms with Gasteiger partial charge in [0.1, 0.15) is 0 Å². The van der Waals surface area contributed by atoms with Crippen LogP contribution in [-0.4, -0.2) is 31.7 Å². The number of rotatable bonds is 9. The predicted molar refractivity (Wildman–Crippen MR) is 146 cm³/mol. The second-order valence-corrected chi connectivity index (χ2v) is 10.2. The largest absolute Gasteiger partial charge is 0.493 e. The molecular formula is C31H36N2O3. The fourth-order valence-corrected chi connectivity index (χ4v) is 4.65. The summed E-state index contributed by atoms with van der Waals surface area (Å²) in [4.78, 5) is 16.5. The molecule has 0 aliphatic rings. The van der Waals surface area contributed by atoms with E-state index in [-0.39, 0.29) is 17.2 Å². The summed E-state index contributed by atoms with van der Waals surface area (Å²) >= 11 is 0. The second-order valence-electron chi connectivity index (χ2n) is 10.2. The van der Waals surface area contributed by atoms with Crippen LogP contribution in [0.1, 0.15) is 55.4 Å². The first-order valence-electron chi connectivity index (χ1n) is 12.4. The third-order valence-corrected chi connectivity index (χ3v) is 6.75. The number of fused-ring (bicyclic) bond motifs is 1. The van der Waals surface area contributed by atoms with Gasteiger partial charge in [0.25, 0.3) is 0 Å². The van der Waals surface area contributed by atoms with Gasteiger partial charge >= 0.3 is 0 Å². The molecule has 1 aromatic heterocycles. The Labute approximate surface area is 213 Å². The molecule has 1 amide bonds. The van der Waals surface area contributed by atoms with Crippen molar-refractivity contribution in [1.82, 2.24) is 10.3 Å². The van der Waals surface area contributed by atoms with Gasteiger partial charge in [-0.15, -0.1) is 0 Å². The fourth-order valence-electron chi connectivity index (χ4n) is 4.65. The van der Waals surface area contributed by atoms with Crippen LogP contribution in [0.2, 0.25) is 0 Å². The first-order chi connectivity index (χ1) is 17.3. The van der Waals surface area contributed by atoms with Crippen LogP contribution in [0.3, 0.4) is 0 Å². The van der Waals surface area contributed by atoms with Crippen molar-refractivity contribution in [2.75, 3.05) is 20.8 Å². The van der Waals surface area contributed by atoms with Gasteiger partial charge in [0.15, 0.2) is 11.5 Å². The summed E-state index contributed by atoms with van der Waals surface area (Å²) in [6.45, 7) is 7.19. The average molecular weight is 485 g/mol. The number of hydrogen-bond acceptors (Lipinski definition) is 3. The molecule has 3 aromatic carbocycles. The molecule has 36 heavy (non-hydrogen) atoms. The first-order valence-corrected chi connectivity index (χ1v) is 12.4. The van der Waals surface area contributed by atoms with Crippen molar-refractivity contribution in [3.05, 3.63) is 95.2 Å². The summed E-state index contributed by atoms with van der Waals surface area (Å²) < 4.78 is 10.7. The van der Waals surface area contributed by atoms with E-state index in [0.717, 1.165) is 27.6 Å². The molecule has 0 aliphatic carbocycles. The molecule has 0 saturated heterocycles. The van der Waals surface area contributed by atoms with Crippen LogP contribution in [-0.2, 0) is 16.6 Å². The maximum absolute atomic E-state index is 13.1. The standard InChI is InChI=1S/C31H36N2O3/c1-31(2,3)23-13-11-22(12-14-23)25(26-20-33-27-9-7-6-8-24(26)27)19-30(34)32-17-16-21-10-15-28(35-4)29(18-21)36-5/h6-15,18,20,25,33H,16-17,19H2,1-5H3,(H,32,34)/t25-/m0/s1. The Hall–Kier alpha value is -3.73. The van der Waals surface area contributed by atoms with Gasteiger partial charge in [-0.3, -0.25) is 4.79 Å². The molecule has 5 heteroatoms. The maximum atomic E-state index is 13.1. The van der Waals surface area contributed by atoms with Crippen molar-refractivity contribution in [1.29, 1.82) is 0 Å². The van der Waals surface area contributed by atoms with Crippen LogP contribution >= 0.6 is 0 Å². The maximum Gasteiger partial charge on any atom is 0.220 e. The van der Waals surface area contributed by atoms with E-state index in [9.17, 15) is 4.79 Å². The number of aromatic nitrogens is 1. The molecule has 0 spiro atoms. The molecule has 1 atom stereocenters. The number of carbonyl (C=O) groups excluding carboxylic acids is 1. The highest BCUT2D eigenvalue weighted by molar-refractivity contribution is 5.86. The lowest BCUT2D eigenvalue weighted by Gasteiger charge is -2.22. The van der Waals surface area contributed by atoms with Gasteiger partial charge < -0.3 is 19.8 Å². The molecular weight excluding hydrogens is 448 g/mol. The number of nitrogens with one attached hydrogen (secondary N) is 2. The zero-order valence-electron chi connectivity index (χ0n) is 21.9. The molecule has 4 aromatic rings. The van der Waals surface area contributed by atoms with Crippen LogP contribution in [0.15, 0.2) is 72.9 Å². The summed E-state index contributed by atoms with van der Waals surface area (Å²) in [6.07, 6.45) is 3.14. The van der Waals surface area contributed by atoms with E-state index in [1.54, 1.807) is 14.2 Å². The Morgan fingerprint density at radius 1 is 0.944 bits per heavy atom. The molecule has 0 fully saturated rings. The van der Waals surface area contributed by atoms with Crippen molar-refractivity contribution in [2.24, 2.45) is 0 Å². The normalized spacial score (nSPS) is 12.4. The van der Waals surface area contributed by atoms with Crippen molar-refractivity contribution >= 4 is 16.8 Å². The van der Waals surface area contributed by atoms with Crippen LogP contribution in [0.4, 0.5) is 0 Å². The van der Waals surface area contributed by atoms with Gasteiger partial charge in [-0.1, -0.05) is 69.3 Å². The number of amides is 1. The highest BCUT2D eigenvalue weighted by Gasteiger charge is 2.22. The van der Waals surface area contributed by atoms with E-state index in [1.807, 2.05) is 36.5 Å². The zero-order valence-corrected chi connectivity index (χ0v) is 21.9. The highest BCUT2D eigenvalue weighted by Crippen LogP contribution is 2.34. The number of H-pyrrole nitrogens is 1. The van der Waals surface area contributed by atoms with Crippen LogP contribution in [0.5, 0.6) is 11.5 Å². The minimum Gasteiger partial charge on any atom is -0.493 e. The van der Waals surface area contributed by atoms with Gasteiger partial charge in [-0.05, 0) is 52.3 Å². The minimum absolute atomic E-state index is 0.0330. The number of benzene rings is 3. The molecule has 0 saturated carbocycles. The van der Waals surface area contributed by atoms with E-state index in [4.69, 9.17) is 9.47 Å². The lowest BCUT2D eigenvalue weighted by molar-refractivity contribution is -0.121. The monoisotopic (exact) mass is 484 g/mol. The Morgan fingerprint density at radius 2 is 1.67 bits per heavy atom. The Kier molecular flexibility index (Phi) is 7.68. The lowest BCUT2D eigenvalue weighted by Crippen LogP contribution is -2.27. The number of hydrogen-bond donors (Lipinski definition) is 2. The SMILES string of the molecule is COc1ccc(CCNC(=O)C[C@@H](c2ccc(C(C)(C)C)cc2)c2c[nH]c3ccccc23)cc1OC. The average Bonchev–Trinajstić information content (AvgIpc) is 3.30. The number of ether oxygens (including phenoxy) is 2. The summed E-state index contributed by atoms with van der Waals surface area (Å²) in [5, 5.41) is 4.28.